The van der Waals surface area contributed by atoms with Crippen LogP contribution in [-0.4, -0.2) is 22.1 Å². The highest BCUT2D eigenvalue weighted by atomic mass is 16.5. The molecule has 2 aliphatic carbocycles. The zero-order valence-electron chi connectivity index (χ0n) is 11.8. The second-order valence-electron chi connectivity index (χ2n) is 6.39. The Morgan fingerprint density at radius 1 is 1.35 bits per heavy atom. The SMILES string of the molecule is Cc1noc(C2CC2)c1NC(=O)[C@@H]1[C@H](C(=O)O)C1(C)C. The predicted octanol–water partition coefficient (Wildman–Crippen LogP) is 2.16. The summed E-state index contributed by atoms with van der Waals surface area (Å²) in [6.07, 6.45) is 2.09. The number of aliphatic carboxylic acids is 1. The molecule has 0 unspecified atom stereocenters. The van der Waals surface area contributed by atoms with Gasteiger partial charge in [-0.05, 0) is 25.2 Å². The van der Waals surface area contributed by atoms with E-state index in [0.717, 1.165) is 18.6 Å². The minimum absolute atomic E-state index is 0.254. The van der Waals surface area contributed by atoms with Crippen molar-refractivity contribution in [2.45, 2.75) is 39.5 Å². The second-order valence-corrected chi connectivity index (χ2v) is 6.39. The number of carboxylic acid groups (broad SMARTS) is 1. The van der Waals surface area contributed by atoms with Gasteiger partial charge in [0.1, 0.15) is 11.4 Å². The summed E-state index contributed by atoms with van der Waals surface area (Å²) in [5, 5.41) is 15.8. The predicted molar refractivity (Wildman–Crippen MR) is 70.2 cm³/mol. The normalized spacial score (nSPS) is 27.1. The summed E-state index contributed by atoms with van der Waals surface area (Å²) in [6, 6.07) is 0. The minimum atomic E-state index is -0.917. The van der Waals surface area contributed by atoms with Crippen molar-refractivity contribution in [1.29, 1.82) is 0 Å². The van der Waals surface area contributed by atoms with E-state index in [2.05, 4.69) is 10.5 Å². The van der Waals surface area contributed by atoms with Gasteiger partial charge in [0.05, 0.1) is 11.8 Å². The van der Waals surface area contributed by atoms with Crippen LogP contribution in [0.1, 0.15) is 44.1 Å². The van der Waals surface area contributed by atoms with E-state index in [-0.39, 0.29) is 5.91 Å². The number of carbonyl (C=O) groups is 2. The Bertz CT molecular complexity index is 586. The molecule has 2 aliphatic rings. The van der Waals surface area contributed by atoms with Gasteiger partial charge in [0.15, 0.2) is 5.76 Å². The van der Waals surface area contributed by atoms with E-state index in [1.807, 2.05) is 0 Å². The average molecular weight is 278 g/mol. The topological polar surface area (TPSA) is 92.4 Å². The molecule has 2 fully saturated rings. The number of carboxylic acids is 1. The van der Waals surface area contributed by atoms with E-state index >= 15 is 0 Å². The molecule has 20 heavy (non-hydrogen) atoms. The highest BCUT2D eigenvalue weighted by molar-refractivity contribution is 6.00. The molecule has 108 valence electrons. The Kier molecular flexibility index (Phi) is 2.68. The van der Waals surface area contributed by atoms with Crippen molar-refractivity contribution in [3.63, 3.8) is 0 Å². The first-order chi connectivity index (χ1) is 9.34. The maximum Gasteiger partial charge on any atom is 0.307 e. The van der Waals surface area contributed by atoms with Crippen LogP contribution in [0.15, 0.2) is 4.52 Å². The summed E-state index contributed by atoms with van der Waals surface area (Å²) in [4.78, 5) is 23.4. The molecule has 2 saturated carbocycles. The summed E-state index contributed by atoms with van der Waals surface area (Å²) in [5.41, 5.74) is 0.774. The van der Waals surface area contributed by atoms with Gasteiger partial charge in [0, 0.05) is 5.92 Å². The molecule has 3 rings (SSSR count). The van der Waals surface area contributed by atoms with Crippen LogP contribution in [-0.2, 0) is 9.59 Å². The second kappa shape index (κ2) is 4.07. The lowest BCUT2D eigenvalue weighted by molar-refractivity contribution is -0.140. The fourth-order valence-corrected chi connectivity index (χ4v) is 2.95. The van der Waals surface area contributed by atoms with Crippen molar-refractivity contribution >= 4 is 17.6 Å². The van der Waals surface area contributed by atoms with Crippen molar-refractivity contribution < 1.29 is 19.2 Å². The van der Waals surface area contributed by atoms with E-state index in [9.17, 15) is 9.59 Å². The number of hydrogen-bond donors (Lipinski definition) is 2. The van der Waals surface area contributed by atoms with Gasteiger partial charge in [-0.1, -0.05) is 19.0 Å². The van der Waals surface area contributed by atoms with Crippen molar-refractivity contribution in [1.82, 2.24) is 5.16 Å². The van der Waals surface area contributed by atoms with Crippen LogP contribution in [0.3, 0.4) is 0 Å². The van der Waals surface area contributed by atoms with Gasteiger partial charge >= 0.3 is 5.97 Å². The monoisotopic (exact) mass is 278 g/mol. The van der Waals surface area contributed by atoms with E-state index < -0.39 is 23.2 Å². The molecule has 1 amide bonds. The van der Waals surface area contributed by atoms with Crippen LogP contribution in [0.2, 0.25) is 0 Å². The molecule has 0 radical (unpaired) electrons. The molecule has 6 heteroatoms. The number of anilines is 1. The summed E-state index contributed by atoms with van der Waals surface area (Å²) >= 11 is 0. The highest BCUT2D eigenvalue weighted by Crippen LogP contribution is 2.58. The zero-order valence-corrected chi connectivity index (χ0v) is 11.8. The molecule has 0 aliphatic heterocycles. The lowest BCUT2D eigenvalue weighted by Gasteiger charge is -2.06. The maximum atomic E-state index is 12.3. The standard InChI is InChI=1S/C14H18N2O4/c1-6-10(11(20-16-6)7-4-5-7)15-12(17)8-9(13(18)19)14(8,2)3/h7-9H,4-5H2,1-3H3,(H,15,17)(H,18,19)/t8-,9+/m0/s1. The lowest BCUT2D eigenvalue weighted by atomic mass is 10.1. The maximum absolute atomic E-state index is 12.3. The Balaban J connectivity index is 1.77. The number of hydrogen-bond acceptors (Lipinski definition) is 4. The third-order valence-electron chi connectivity index (χ3n) is 4.46. The first-order valence-corrected chi connectivity index (χ1v) is 6.84. The quantitative estimate of drug-likeness (QED) is 0.880. The number of rotatable bonds is 4. The van der Waals surface area contributed by atoms with Crippen LogP contribution < -0.4 is 5.32 Å². The third-order valence-corrected chi connectivity index (χ3v) is 4.46. The molecule has 0 saturated heterocycles. The Morgan fingerprint density at radius 3 is 2.50 bits per heavy atom. The highest BCUT2D eigenvalue weighted by Gasteiger charge is 2.66. The van der Waals surface area contributed by atoms with Gasteiger partial charge in [0.25, 0.3) is 0 Å². The van der Waals surface area contributed by atoms with E-state index in [0.29, 0.717) is 17.3 Å². The first-order valence-electron chi connectivity index (χ1n) is 6.84. The van der Waals surface area contributed by atoms with Crippen molar-refractivity contribution in [3.05, 3.63) is 11.5 Å². The van der Waals surface area contributed by atoms with Gasteiger partial charge in [-0.2, -0.15) is 0 Å². The molecule has 2 atom stereocenters. The van der Waals surface area contributed by atoms with E-state index in [1.165, 1.54) is 0 Å². The van der Waals surface area contributed by atoms with Gasteiger partial charge < -0.3 is 14.9 Å². The average Bonchev–Trinajstić information content (AvgIpc) is 3.22. The van der Waals surface area contributed by atoms with Crippen molar-refractivity contribution in [2.75, 3.05) is 5.32 Å². The first kappa shape index (κ1) is 13.1. The molecule has 1 aromatic heterocycles. The Labute approximate surface area is 116 Å². The van der Waals surface area contributed by atoms with Gasteiger partial charge in [-0.25, -0.2) is 0 Å². The van der Waals surface area contributed by atoms with Crippen LogP contribution in [0.4, 0.5) is 5.69 Å². The molecular formula is C14H18N2O4. The molecule has 0 bridgehead atoms. The molecular weight excluding hydrogens is 260 g/mol. The molecule has 6 nitrogen and oxygen atoms in total. The molecule has 0 spiro atoms. The molecule has 2 N–H and O–H groups in total. The summed E-state index contributed by atoms with van der Waals surface area (Å²) in [6.45, 7) is 5.38. The Hall–Kier alpha value is -1.85. The number of carbonyl (C=O) groups excluding carboxylic acids is 1. The third kappa shape index (κ3) is 1.90. The smallest absolute Gasteiger partial charge is 0.307 e. The van der Waals surface area contributed by atoms with Gasteiger partial charge in [-0.15, -0.1) is 0 Å². The summed E-state index contributed by atoms with van der Waals surface area (Å²) in [5.74, 6) is -1.22. The molecule has 1 aromatic rings. The fraction of sp³-hybridized carbons (Fsp3) is 0.643. The lowest BCUT2D eigenvalue weighted by Crippen LogP contribution is -2.18. The van der Waals surface area contributed by atoms with Crippen molar-refractivity contribution in [2.24, 2.45) is 17.3 Å². The van der Waals surface area contributed by atoms with E-state index in [4.69, 9.17) is 9.63 Å². The number of nitrogens with zero attached hydrogens (tertiary/aromatic N) is 1. The van der Waals surface area contributed by atoms with Crippen LogP contribution in [0, 0.1) is 24.2 Å². The Morgan fingerprint density at radius 2 is 2.00 bits per heavy atom. The summed E-state index contributed by atoms with van der Waals surface area (Å²) in [7, 11) is 0. The molecule has 0 aromatic carbocycles. The van der Waals surface area contributed by atoms with Crippen LogP contribution in [0.5, 0.6) is 0 Å². The number of nitrogens with one attached hydrogen (secondary N) is 1. The van der Waals surface area contributed by atoms with Gasteiger partial charge in [-0.3, -0.25) is 9.59 Å². The largest absolute Gasteiger partial charge is 0.481 e. The summed E-state index contributed by atoms with van der Waals surface area (Å²) < 4.78 is 5.27. The van der Waals surface area contributed by atoms with Gasteiger partial charge in [0.2, 0.25) is 5.91 Å². The number of aryl methyl sites for hydroxylation is 1. The van der Waals surface area contributed by atoms with E-state index in [1.54, 1.807) is 20.8 Å². The van der Waals surface area contributed by atoms with Crippen molar-refractivity contribution in [3.8, 4) is 0 Å². The molecule has 1 heterocycles. The number of amides is 1. The zero-order chi connectivity index (χ0) is 14.7. The van der Waals surface area contributed by atoms with Crippen LogP contribution in [0.25, 0.3) is 0 Å². The van der Waals surface area contributed by atoms with Crippen LogP contribution >= 0.6 is 0 Å². The number of aromatic nitrogens is 1. The fourth-order valence-electron chi connectivity index (χ4n) is 2.95. The minimum Gasteiger partial charge on any atom is -0.481 e.